The number of hydrogen-bond acceptors (Lipinski definition) is 4. The van der Waals surface area contributed by atoms with E-state index in [-0.39, 0.29) is 13.0 Å². The molecule has 0 fully saturated rings. The molecule has 2 aromatic rings. The smallest absolute Gasteiger partial charge is 0.306 e. The quantitative estimate of drug-likeness (QED) is 0.529. The van der Waals surface area contributed by atoms with Gasteiger partial charge in [0.05, 0.1) is 6.61 Å². The van der Waals surface area contributed by atoms with Gasteiger partial charge in [0.15, 0.2) is 6.61 Å². The number of nitrogens with one attached hydrogen (secondary N) is 1. The van der Waals surface area contributed by atoms with Gasteiger partial charge in [-0.1, -0.05) is 15.9 Å². The molecule has 2 rings (SSSR count). The molecule has 132 valence electrons. The maximum absolute atomic E-state index is 12.8. The Hall–Kier alpha value is -2.41. The van der Waals surface area contributed by atoms with E-state index < -0.39 is 17.7 Å². The van der Waals surface area contributed by atoms with E-state index in [0.717, 1.165) is 10.2 Å². The van der Waals surface area contributed by atoms with Gasteiger partial charge in [-0.3, -0.25) is 9.59 Å². The van der Waals surface area contributed by atoms with Crippen molar-refractivity contribution < 1.29 is 23.5 Å². The molecular formula is C18H17BrFNO4. The average molecular weight is 410 g/mol. The highest BCUT2D eigenvalue weighted by Crippen LogP contribution is 2.16. The normalized spacial score (nSPS) is 10.2. The van der Waals surface area contributed by atoms with Crippen molar-refractivity contribution >= 4 is 33.5 Å². The van der Waals surface area contributed by atoms with Crippen LogP contribution in [0.25, 0.3) is 0 Å². The van der Waals surface area contributed by atoms with Crippen LogP contribution in [-0.4, -0.2) is 25.1 Å². The first-order chi connectivity index (χ1) is 12.0. The van der Waals surface area contributed by atoms with Crippen LogP contribution in [0.3, 0.4) is 0 Å². The van der Waals surface area contributed by atoms with Crippen LogP contribution in [0.2, 0.25) is 0 Å². The summed E-state index contributed by atoms with van der Waals surface area (Å²) in [6.45, 7) is -0.0116. The lowest BCUT2D eigenvalue weighted by Gasteiger charge is -2.07. The number of anilines is 1. The zero-order chi connectivity index (χ0) is 18.1. The first-order valence-corrected chi connectivity index (χ1v) is 8.41. The van der Waals surface area contributed by atoms with Crippen molar-refractivity contribution in [2.75, 3.05) is 18.5 Å². The fourth-order valence-corrected chi connectivity index (χ4v) is 2.15. The summed E-state index contributed by atoms with van der Waals surface area (Å²) in [7, 11) is 0. The van der Waals surface area contributed by atoms with Crippen LogP contribution >= 0.6 is 15.9 Å². The maximum Gasteiger partial charge on any atom is 0.306 e. The van der Waals surface area contributed by atoms with Crippen molar-refractivity contribution in [1.29, 1.82) is 0 Å². The summed E-state index contributed by atoms with van der Waals surface area (Å²) in [6.07, 6.45) is 0.634. The zero-order valence-electron chi connectivity index (χ0n) is 13.3. The van der Waals surface area contributed by atoms with E-state index in [0.29, 0.717) is 18.7 Å². The van der Waals surface area contributed by atoms with E-state index in [9.17, 15) is 14.0 Å². The molecule has 0 aliphatic heterocycles. The van der Waals surface area contributed by atoms with Gasteiger partial charge in [0.1, 0.15) is 11.6 Å². The molecule has 0 saturated carbocycles. The van der Waals surface area contributed by atoms with Crippen molar-refractivity contribution in [1.82, 2.24) is 0 Å². The third kappa shape index (κ3) is 7.34. The third-order valence-electron chi connectivity index (χ3n) is 3.10. The molecule has 25 heavy (non-hydrogen) atoms. The number of amides is 1. The molecule has 0 aliphatic rings. The summed E-state index contributed by atoms with van der Waals surface area (Å²) in [5.41, 5.74) is 0.436. The van der Waals surface area contributed by atoms with Gasteiger partial charge in [-0.2, -0.15) is 0 Å². The highest BCUT2D eigenvalue weighted by molar-refractivity contribution is 9.10. The number of ether oxygens (including phenoxy) is 2. The minimum absolute atomic E-state index is 0.153. The molecule has 0 spiro atoms. The SMILES string of the molecule is O=C(COC(=O)CCCOc1ccc(Br)cc1)Nc1ccc(F)cc1. The van der Waals surface area contributed by atoms with Crippen LogP contribution in [0.1, 0.15) is 12.8 Å². The van der Waals surface area contributed by atoms with Crippen molar-refractivity contribution in [3.63, 3.8) is 0 Å². The van der Waals surface area contributed by atoms with Crippen LogP contribution in [0.5, 0.6) is 5.75 Å². The summed E-state index contributed by atoms with van der Waals surface area (Å²) in [5, 5.41) is 2.51. The number of halogens is 2. The molecule has 5 nitrogen and oxygen atoms in total. The summed E-state index contributed by atoms with van der Waals surface area (Å²) >= 11 is 3.33. The number of esters is 1. The lowest BCUT2D eigenvalue weighted by molar-refractivity contribution is -0.147. The maximum atomic E-state index is 12.8. The Balaban J connectivity index is 1.59. The summed E-state index contributed by atoms with van der Waals surface area (Å²) in [4.78, 5) is 23.2. The molecule has 0 bridgehead atoms. The molecule has 0 aliphatic carbocycles. The predicted molar refractivity (Wildman–Crippen MR) is 94.9 cm³/mol. The van der Waals surface area contributed by atoms with Crippen molar-refractivity contribution in [2.45, 2.75) is 12.8 Å². The lowest BCUT2D eigenvalue weighted by atomic mass is 10.3. The van der Waals surface area contributed by atoms with Gasteiger partial charge in [-0.15, -0.1) is 0 Å². The van der Waals surface area contributed by atoms with Crippen LogP contribution in [-0.2, 0) is 14.3 Å². The minimum Gasteiger partial charge on any atom is -0.494 e. The molecule has 0 atom stereocenters. The summed E-state index contributed by atoms with van der Waals surface area (Å²) in [5.74, 6) is -0.634. The van der Waals surface area contributed by atoms with Gasteiger partial charge in [0, 0.05) is 16.6 Å². The van der Waals surface area contributed by atoms with Gasteiger partial charge in [0.2, 0.25) is 0 Å². The minimum atomic E-state index is -0.480. The second-order valence-corrected chi connectivity index (χ2v) is 6.04. The molecule has 0 saturated heterocycles. The van der Waals surface area contributed by atoms with Crippen molar-refractivity contribution in [3.05, 3.63) is 58.8 Å². The van der Waals surface area contributed by atoms with E-state index in [1.807, 2.05) is 24.3 Å². The Bertz CT molecular complexity index is 704. The molecule has 2 aromatic carbocycles. The van der Waals surface area contributed by atoms with Crippen molar-refractivity contribution in [2.24, 2.45) is 0 Å². The molecule has 0 unspecified atom stereocenters. The molecule has 1 amide bonds. The number of rotatable bonds is 8. The Labute approximate surface area is 153 Å². The standard InChI is InChI=1S/C18H17BrFNO4/c19-13-3-9-16(10-4-13)24-11-1-2-18(23)25-12-17(22)21-15-7-5-14(20)6-8-15/h3-10H,1-2,11-12H2,(H,21,22). The van der Waals surface area contributed by atoms with Crippen LogP contribution in [0.4, 0.5) is 10.1 Å². The van der Waals surface area contributed by atoms with Crippen LogP contribution in [0, 0.1) is 5.82 Å². The monoisotopic (exact) mass is 409 g/mol. The molecule has 0 heterocycles. The summed E-state index contributed by atoms with van der Waals surface area (Å²) < 4.78 is 24.1. The third-order valence-corrected chi connectivity index (χ3v) is 3.63. The van der Waals surface area contributed by atoms with Gasteiger partial charge in [-0.25, -0.2) is 4.39 Å². The largest absolute Gasteiger partial charge is 0.494 e. The average Bonchev–Trinajstić information content (AvgIpc) is 2.60. The van der Waals surface area contributed by atoms with Gasteiger partial charge in [-0.05, 0) is 55.0 Å². The molecule has 7 heteroatoms. The van der Waals surface area contributed by atoms with Gasteiger partial charge >= 0.3 is 5.97 Å². The molecular weight excluding hydrogens is 393 g/mol. The van der Waals surface area contributed by atoms with Gasteiger partial charge in [0.25, 0.3) is 5.91 Å². The van der Waals surface area contributed by atoms with Crippen molar-refractivity contribution in [3.8, 4) is 5.75 Å². The number of hydrogen-bond donors (Lipinski definition) is 1. The number of carbonyl (C=O) groups is 2. The first kappa shape index (κ1) is 18.9. The Kier molecular flexibility index (Phi) is 7.40. The lowest BCUT2D eigenvalue weighted by Crippen LogP contribution is -2.21. The molecule has 1 N–H and O–H groups in total. The van der Waals surface area contributed by atoms with Crippen LogP contribution in [0.15, 0.2) is 53.0 Å². The second kappa shape index (κ2) is 9.78. The van der Waals surface area contributed by atoms with E-state index in [4.69, 9.17) is 9.47 Å². The second-order valence-electron chi connectivity index (χ2n) is 5.12. The zero-order valence-corrected chi connectivity index (χ0v) is 14.9. The molecule has 0 aromatic heterocycles. The van der Waals surface area contributed by atoms with E-state index >= 15 is 0 Å². The number of carbonyl (C=O) groups excluding carboxylic acids is 2. The highest BCUT2D eigenvalue weighted by Gasteiger charge is 2.08. The Morgan fingerprint density at radius 2 is 1.72 bits per heavy atom. The number of benzene rings is 2. The topological polar surface area (TPSA) is 64.6 Å². The first-order valence-electron chi connectivity index (χ1n) is 7.62. The predicted octanol–water partition coefficient (Wildman–Crippen LogP) is 3.93. The fraction of sp³-hybridized carbons (Fsp3) is 0.222. The van der Waals surface area contributed by atoms with Gasteiger partial charge < -0.3 is 14.8 Å². The fourth-order valence-electron chi connectivity index (χ4n) is 1.89. The summed E-state index contributed by atoms with van der Waals surface area (Å²) in [6, 6.07) is 12.7. The Morgan fingerprint density at radius 1 is 1.04 bits per heavy atom. The van der Waals surface area contributed by atoms with E-state index in [1.54, 1.807) is 0 Å². The van der Waals surface area contributed by atoms with E-state index in [2.05, 4.69) is 21.2 Å². The molecule has 0 radical (unpaired) electrons. The van der Waals surface area contributed by atoms with Crippen LogP contribution < -0.4 is 10.1 Å². The highest BCUT2D eigenvalue weighted by atomic mass is 79.9. The van der Waals surface area contributed by atoms with E-state index in [1.165, 1.54) is 24.3 Å². The Morgan fingerprint density at radius 3 is 2.40 bits per heavy atom.